The average Bonchev–Trinajstić information content (AvgIpc) is 2.86. The normalized spacial score (nSPS) is 10.7. The number of aromatic nitrogens is 2. The van der Waals surface area contributed by atoms with Crippen LogP contribution in [0.1, 0.15) is 19.4 Å². The van der Waals surface area contributed by atoms with Crippen LogP contribution < -0.4 is 10.6 Å². The lowest BCUT2D eigenvalue weighted by molar-refractivity contribution is 0.627. The van der Waals surface area contributed by atoms with Gasteiger partial charge in [-0.25, -0.2) is 0 Å². The molecule has 0 radical (unpaired) electrons. The summed E-state index contributed by atoms with van der Waals surface area (Å²) >= 11 is 11.1. The Hall–Kier alpha value is -1.59. The molecule has 4 nitrogen and oxygen atoms in total. The van der Waals surface area contributed by atoms with Crippen molar-refractivity contribution in [1.29, 1.82) is 0 Å². The summed E-state index contributed by atoms with van der Waals surface area (Å²) < 4.78 is 1.86. The zero-order valence-electron chi connectivity index (χ0n) is 12.1. The minimum absolute atomic E-state index is 0.553. The van der Waals surface area contributed by atoms with Gasteiger partial charge in [0.2, 0.25) is 0 Å². The van der Waals surface area contributed by atoms with E-state index in [9.17, 15) is 0 Å². The zero-order chi connectivity index (χ0) is 15.2. The summed E-state index contributed by atoms with van der Waals surface area (Å²) in [7, 11) is 0. The van der Waals surface area contributed by atoms with Crippen molar-refractivity contribution in [3.05, 3.63) is 47.2 Å². The van der Waals surface area contributed by atoms with E-state index in [1.165, 1.54) is 0 Å². The van der Waals surface area contributed by atoms with Gasteiger partial charge in [-0.05, 0) is 35.8 Å². The topological polar surface area (TPSA) is 41.9 Å². The van der Waals surface area contributed by atoms with Crippen LogP contribution in [-0.4, -0.2) is 21.4 Å². The quantitative estimate of drug-likeness (QED) is 0.826. The van der Waals surface area contributed by atoms with Gasteiger partial charge < -0.3 is 10.6 Å². The summed E-state index contributed by atoms with van der Waals surface area (Å²) in [6, 6.07) is 7.74. The largest absolute Gasteiger partial charge is 0.362 e. The summed E-state index contributed by atoms with van der Waals surface area (Å²) in [5.74, 6) is 0.553. The Kier molecular flexibility index (Phi) is 5.59. The molecule has 0 amide bonds. The average molecular weight is 323 g/mol. The molecule has 0 saturated heterocycles. The third-order valence-electron chi connectivity index (χ3n) is 2.82. The summed E-state index contributed by atoms with van der Waals surface area (Å²) in [6.45, 7) is 5.83. The SMILES string of the molecule is CC(C)CNC(=S)Nc1cnn(Cc2ccc(Cl)cc2)c1. The molecular weight excluding hydrogens is 304 g/mol. The van der Waals surface area contributed by atoms with Crippen molar-refractivity contribution in [2.75, 3.05) is 11.9 Å². The lowest BCUT2D eigenvalue weighted by Gasteiger charge is -2.10. The fourth-order valence-corrected chi connectivity index (χ4v) is 2.09. The van der Waals surface area contributed by atoms with Crippen molar-refractivity contribution in [3.8, 4) is 0 Å². The highest BCUT2D eigenvalue weighted by Gasteiger charge is 2.03. The van der Waals surface area contributed by atoms with Crippen LogP contribution in [0.3, 0.4) is 0 Å². The maximum absolute atomic E-state index is 5.87. The number of anilines is 1. The van der Waals surface area contributed by atoms with E-state index in [1.807, 2.05) is 35.1 Å². The Morgan fingerprint density at radius 3 is 2.71 bits per heavy atom. The number of rotatable bonds is 5. The number of nitrogens with zero attached hydrogens (tertiary/aromatic N) is 2. The number of hydrogen-bond donors (Lipinski definition) is 2. The molecule has 0 aliphatic rings. The van der Waals surface area contributed by atoms with Gasteiger partial charge in [-0.1, -0.05) is 37.6 Å². The Labute approximate surface area is 135 Å². The van der Waals surface area contributed by atoms with Gasteiger partial charge in [0.05, 0.1) is 18.4 Å². The fourth-order valence-electron chi connectivity index (χ4n) is 1.76. The highest BCUT2D eigenvalue weighted by molar-refractivity contribution is 7.80. The van der Waals surface area contributed by atoms with Gasteiger partial charge >= 0.3 is 0 Å². The van der Waals surface area contributed by atoms with Gasteiger partial charge in [-0.15, -0.1) is 0 Å². The van der Waals surface area contributed by atoms with E-state index in [4.69, 9.17) is 23.8 Å². The van der Waals surface area contributed by atoms with E-state index in [-0.39, 0.29) is 0 Å². The molecule has 1 heterocycles. The molecule has 1 aromatic heterocycles. The molecule has 2 N–H and O–H groups in total. The van der Waals surface area contributed by atoms with Crippen LogP contribution in [0.5, 0.6) is 0 Å². The molecule has 112 valence electrons. The molecular formula is C15H19ClN4S. The maximum Gasteiger partial charge on any atom is 0.170 e. The summed E-state index contributed by atoms with van der Waals surface area (Å²) in [5, 5.41) is 12.0. The fraction of sp³-hybridized carbons (Fsp3) is 0.333. The van der Waals surface area contributed by atoms with E-state index in [0.717, 1.165) is 22.8 Å². The first-order valence-electron chi connectivity index (χ1n) is 6.84. The van der Waals surface area contributed by atoms with E-state index < -0.39 is 0 Å². The van der Waals surface area contributed by atoms with Gasteiger partial charge in [-0.2, -0.15) is 5.10 Å². The summed E-state index contributed by atoms with van der Waals surface area (Å²) in [4.78, 5) is 0. The van der Waals surface area contributed by atoms with Crippen molar-refractivity contribution in [1.82, 2.24) is 15.1 Å². The molecule has 0 unspecified atom stereocenters. The second-order valence-corrected chi connectivity index (χ2v) is 6.13. The predicted molar refractivity (Wildman–Crippen MR) is 91.8 cm³/mol. The molecule has 21 heavy (non-hydrogen) atoms. The molecule has 0 aliphatic heterocycles. The third kappa shape index (κ3) is 5.36. The van der Waals surface area contributed by atoms with Crippen molar-refractivity contribution in [3.63, 3.8) is 0 Å². The molecule has 0 fully saturated rings. The molecule has 0 bridgehead atoms. The van der Waals surface area contributed by atoms with Crippen molar-refractivity contribution >= 4 is 34.6 Å². The van der Waals surface area contributed by atoms with Gasteiger partial charge in [0.1, 0.15) is 0 Å². The predicted octanol–water partition coefficient (Wildman–Crippen LogP) is 3.53. The van der Waals surface area contributed by atoms with Crippen LogP contribution >= 0.6 is 23.8 Å². The lowest BCUT2D eigenvalue weighted by Crippen LogP contribution is -2.31. The number of hydrogen-bond acceptors (Lipinski definition) is 2. The highest BCUT2D eigenvalue weighted by Crippen LogP contribution is 2.12. The van der Waals surface area contributed by atoms with Gasteiger partial charge in [0, 0.05) is 17.8 Å². The molecule has 1 aromatic carbocycles. The minimum Gasteiger partial charge on any atom is -0.362 e. The first-order chi connectivity index (χ1) is 10.0. The van der Waals surface area contributed by atoms with Crippen LogP contribution in [0.15, 0.2) is 36.7 Å². The summed E-state index contributed by atoms with van der Waals surface area (Å²) in [5.41, 5.74) is 2.03. The monoisotopic (exact) mass is 322 g/mol. The molecule has 2 aromatic rings. The Morgan fingerprint density at radius 1 is 1.33 bits per heavy atom. The zero-order valence-corrected chi connectivity index (χ0v) is 13.7. The van der Waals surface area contributed by atoms with Gasteiger partial charge in [0.15, 0.2) is 5.11 Å². The standard InChI is InChI=1S/C15H19ClN4S/c1-11(2)7-17-15(21)19-14-8-18-20(10-14)9-12-3-5-13(16)6-4-12/h3-6,8,10-11H,7,9H2,1-2H3,(H2,17,19,21). The highest BCUT2D eigenvalue weighted by atomic mass is 35.5. The Morgan fingerprint density at radius 2 is 2.05 bits per heavy atom. The number of benzene rings is 1. The molecule has 0 spiro atoms. The Bertz CT molecular complexity index is 592. The second kappa shape index (κ2) is 7.43. The van der Waals surface area contributed by atoms with Crippen molar-refractivity contribution in [2.45, 2.75) is 20.4 Å². The van der Waals surface area contributed by atoms with Crippen LogP contribution in [0.25, 0.3) is 0 Å². The molecule has 0 saturated carbocycles. The molecule has 0 aliphatic carbocycles. The third-order valence-corrected chi connectivity index (χ3v) is 3.32. The number of thiocarbonyl (C=S) groups is 1. The summed E-state index contributed by atoms with van der Waals surface area (Å²) in [6.07, 6.45) is 3.69. The van der Waals surface area contributed by atoms with E-state index in [2.05, 4.69) is 29.6 Å². The smallest absolute Gasteiger partial charge is 0.170 e. The molecule has 6 heteroatoms. The second-order valence-electron chi connectivity index (χ2n) is 5.28. The lowest BCUT2D eigenvalue weighted by atomic mass is 10.2. The first-order valence-corrected chi connectivity index (χ1v) is 7.63. The van der Waals surface area contributed by atoms with Crippen molar-refractivity contribution in [2.24, 2.45) is 5.92 Å². The van der Waals surface area contributed by atoms with Crippen LogP contribution in [0.2, 0.25) is 5.02 Å². The minimum atomic E-state index is 0.553. The van der Waals surface area contributed by atoms with E-state index in [0.29, 0.717) is 17.6 Å². The number of halogens is 1. The van der Waals surface area contributed by atoms with E-state index in [1.54, 1.807) is 6.20 Å². The van der Waals surface area contributed by atoms with E-state index >= 15 is 0 Å². The molecule has 0 atom stereocenters. The van der Waals surface area contributed by atoms with Crippen LogP contribution in [-0.2, 0) is 6.54 Å². The van der Waals surface area contributed by atoms with Crippen molar-refractivity contribution < 1.29 is 0 Å². The molecule has 2 rings (SSSR count). The van der Waals surface area contributed by atoms with Crippen LogP contribution in [0, 0.1) is 5.92 Å². The van der Waals surface area contributed by atoms with Crippen LogP contribution in [0.4, 0.5) is 5.69 Å². The maximum atomic E-state index is 5.87. The Balaban J connectivity index is 1.89. The van der Waals surface area contributed by atoms with Gasteiger partial charge in [-0.3, -0.25) is 4.68 Å². The van der Waals surface area contributed by atoms with Gasteiger partial charge in [0.25, 0.3) is 0 Å². The number of nitrogens with one attached hydrogen (secondary N) is 2. The first kappa shape index (κ1) is 15.8.